The molecule has 3 heterocycles. The van der Waals surface area contributed by atoms with Crippen molar-refractivity contribution in [2.45, 2.75) is 24.9 Å². The summed E-state index contributed by atoms with van der Waals surface area (Å²) in [5.74, 6) is -3.27. The summed E-state index contributed by atoms with van der Waals surface area (Å²) in [6, 6.07) is 0.0507. The Balaban J connectivity index is 1.73. The number of esters is 1. The number of aliphatic carboxylic acids is 1. The first-order valence-corrected chi connectivity index (χ1v) is 8.93. The number of halogens is 2. The lowest BCUT2D eigenvalue weighted by atomic mass is 10.0. The SMILES string of the molecule is CC(=O)OCC1=C(C(=O)O)N2C(=O)[C@@H](NC(=O)c3ccn(C(F)F)n3)[C@@H]2SC1. The monoisotopic (exact) mass is 416 g/mol. The van der Waals surface area contributed by atoms with Crippen molar-refractivity contribution in [2.75, 3.05) is 12.4 Å². The number of carbonyl (C=O) groups is 4. The van der Waals surface area contributed by atoms with Gasteiger partial charge in [-0.25, -0.2) is 9.48 Å². The number of rotatable bonds is 6. The summed E-state index contributed by atoms with van der Waals surface area (Å²) < 4.78 is 30.2. The zero-order valence-electron chi connectivity index (χ0n) is 14.3. The predicted octanol–water partition coefficient (Wildman–Crippen LogP) is 0.194. The van der Waals surface area contributed by atoms with Crippen LogP contribution in [0.2, 0.25) is 0 Å². The molecule has 0 saturated carbocycles. The summed E-state index contributed by atoms with van der Waals surface area (Å²) in [7, 11) is 0. The van der Waals surface area contributed by atoms with Gasteiger partial charge in [-0.15, -0.1) is 11.8 Å². The normalized spacial score (nSPS) is 21.3. The molecule has 2 aliphatic rings. The summed E-state index contributed by atoms with van der Waals surface area (Å²) in [6.45, 7) is -1.99. The van der Waals surface area contributed by atoms with Crippen molar-refractivity contribution in [3.63, 3.8) is 0 Å². The molecule has 2 atom stereocenters. The van der Waals surface area contributed by atoms with Crippen LogP contribution in [0.3, 0.4) is 0 Å². The molecule has 13 heteroatoms. The van der Waals surface area contributed by atoms with Crippen molar-refractivity contribution in [1.82, 2.24) is 20.0 Å². The number of thioether (sulfide) groups is 1. The molecule has 2 N–H and O–H groups in total. The highest BCUT2D eigenvalue weighted by molar-refractivity contribution is 8.00. The molecule has 0 radical (unpaired) electrons. The molecule has 3 rings (SSSR count). The Morgan fingerprint density at radius 2 is 2.18 bits per heavy atom. The van der Waals surface area contributed by atoms with Crippen LogP contribution in [0.5, 0.6) is 0 Å². The van der Waals surface area contributed by atoms with Crippen molar-refractivity contribution in [1.29, 1.82) is 0 Å². The number of fused-ring (bicyclic) bond motifs is 1. The fourth-order valence-electron chi connectivity index (χ4n) is 2.77. The number of carbonyl (C=O) groups excluding carboxylic acids is 3. The average molecular weight is 416 g/mol. The van der Waals surface area contributed by atoms with Gasteiger partial charge in [-0.05, 0) is 6.07 Å². The molecule has 150 valence electrons. The zero-order valence-corrected chi connectivity index (χ0v) is 15.1. The summed E-state index contributed by atoms with van der Waals surface area (Å²) in [6.07, 6.45) is 0.927. The molecule has 28 heavy (non-hydrogen) atoms. The lowest BCUT2D eigenvalue weighted by Gasteiger charge is -2.49. The van der Waals surface area contributed by atoms with E-state index in [0.717, 1.165) is 17.2 Å². The van der Waals surface area contributed by atoms with Crippen molar-refractivity contribution in [2.24, 2.45) is 0 Å². The van der Waals surface area contributed by atoms with Crippen molar-refractivity contribution in [3.8, 4) is 0 Å². The Kier molecular flexibility index (Phi) is 5.36. The molecule has 1 aromatic rings. The van der Waals surface area contributed by atoms with Crippen LogP contribution in [0.1, 0.15) is 24.0 Å². The molecule has 2 aliphatic heterocycles. The molecule has 0 aliphatic carbocycles. The van der Waals surface area contributed by atoms with Gasteiger partial charge in [0.15, 0.2) is 0 Å². The van der Waals surface area contributed by atoms with E-state index >= 15 is 0 Å². The van der Waals surface area contributed by atoms with Gasteiger partial charge < -0.3 is 15.2 Å². The molecular weight excluding hydrogens is 402 g/mol. The van der Waals surface area contributed by atoms with Gasteiger partial charge in [0.25, 0.3) is 11.8 Å². The third-order valence-corrected chi connectivity index (χ3v) is 5.37. The highest BCUT2D eigenvalue weighted by Gasteiger charge is 2.54. The molecule has 1 fully saturated rings. The van der Waals surface area contributed by atoms with Gasteiger partial charge in [0.05, 0.1) is 0 Å². The van der Waals surface area contributed by atoms with Crippen LogP contribution in [0.25, 0.3) is 0 Å². The topological polar surface area (TPSA) is 131 Å². The quantitative estimate of drug-likeness (QED) is 0.497. The largest absolute Gasteiger partial charge is 0.477 e. The van der Waals surface area contributed by atoms with Gasteiger partial charge >= 0.3 is 18.5 Å². The van der Waals surface area contributed by atoms with Crippen LogP contribution in [0, 0.1) is 0 Å². The van der Waals surface area contributed by atoms with Gasteiger partial charge in [-0.1, -0.05) is 0 Å². The minimum absolute atomic E-state index is 0.176. The van der Waals surface area contributed by atoms with Gasteiger partial charge in [-0.3, -0.25) is 19.3 Å². The predicted molar refractivity (Wildman–Crippen MR) is 89.1 cm³/mol. The lowest BCUT2D eigenvalue weighted by molar-refractivity contribution is -0.149. The molecule has 0 unspecified atom stereocenters. The lowest BCUT2D eigenvalue weighted by Crippen LogP contribution is -2.70. The van der Waals surface area contributed by atoms with Crippen LogP contribution in [-0.4, -0.2) is 67.3 Å². The van der Waals surface area contributed by atoms with Gasteiger partial charge in [0, 0.05) is 24.4 Å². The van der Waals surface area contributed by atoms with E-state index in [4.69, 9.17) is 4.74 Å². The third-order valence-electron chi connectivity index (χ3n) is 4.03. The van der Waals surface area contributed by atoms with Gasteiger partial charge in [0.1, 0.15) is 29.4 Å². The number of ether oxygens (including phenoxy) is 1. The maximum absolute atomic E-state index is 12.5. The van der Waals surface area contributed by atoms with E-state index in [1.807, 2.05) is 0 Å². The van der Waals surface area contributed by atoms with Crippen LogP contribution in [0.4, 0.5) is 8.78 Å². The zero-order chi connectivity index (χ0) is 20.6. The molecule has 0 bridgehead atoms. The molecule has 0 spiro atoms. The van der Waals surface area contributed by atoms with E-state index in [0.29, 0.717) is 4.68 Å². The minimum atomic E-state index is -2.91. The number of aromatic nitrogens is 2. The van der Waals surface area contributed by atoms with E-state index < -0.39 is 41.7 Å². The Morgan fingerprint density at radius 3 is 2.75 bits per heavy atom. The van der Waals surface area contributed by atoms with E-state index in [1.165, 1.54) is 18.7 Å². The van der Waals surface area contributed by atoms with Crippen LogP contribution in [0.15, 0.2) is 23.5 Å². The second kappa shape index (κ2) is 7.58. The van der Waals surface area contributed by atoms with Crippen LogP contribution < -0.4 is 5.32 Å². The first kappa shape index (κ1) is 19.8. The molecule has 0 aromatic carbocycles. The Labute approximate surface area is 160 Å². The Bertz CT molecular complexity index is 886. The molecule has 1 saturated heterocycles. The number of nitrogens with one attached hydrogen (secondary N) is 1. The smallest absolute Gasteiger partial charge is 0.352 e. The van der Waals surface area contributed by atoms with E-state index in [9.17, 15) is 33.1 Å². The average Bonchev–Trinajstić information content (AvgIpc) is 3.13. The number of carboxylic acids is 1. The summed E-state index contributed by atoms with van der Waals surface area (Å²) in [4.78, 5) is 48.1. The van der Waals surface area contributed by atoms with E-state index in [2.05, 4.69) is 10.4 Å². The summed E-state index contributed by atoms with van der Waals surface area (Å²) in [5, 5.41) is 14.6. The Hall–Kier alpha value is -2.96. The highest BCUT2D eigenvalue weighted by atomic mass is 32.2. The number of carboxylic acid groups (broad SMARTS) is 1. The number of hydrogen-bond acceptors (Lipinski definition) is 7. The fourth-order valence-corrected chi connectivity index (χ4v) is 4.09. The van der Waals surface area contributed by atoms with Crippen molar-refractivity contribution in [3.05, 3.63) is 29.2 Å². The standard InChI is InChI=1S/C15H14F2N4O6S/c1-6(22)27-4-7-5-28-13-9(12(24)21(13)10(7)14(25)26)18-11(23)8-2-3-20(19-8)15(16)17/h2-3,9,13,15H,4-5H2,1H3,(H,18,23)(H,25,26)/t9-,13+/m1/s1. The Morgan fingerprint density at radius 1 is 1.46 bits per heavy atom. The highest BCUT2D eigenvalue weighted by Crippen LogP contribution is 2.40. The minimum Gasteiger partial charge on any atom is -0.477 e. The fraction of sp³-hybridized carbons (Fsp3) is 0.400. The second-order valence-corrected chi connectivity index (χ2v) is 6.96. The third kappa shape index (κ3) is 3.56. The first-order valence-electron chi connectivity index (χ1n) is 7.88. The second-order valence-electron chi connectivity index (χ2n) is 5.86. The van der Waals surface area contributed by atoms with Gasteiger partial charge in [-0.2, -0.15) is 13.9 Å². The number of β-lactam (4-membered cyclic amide) rings is 1. The maximum Gasteiger partial charge on any atom is 0.352 e. The van der Waals surface area contributed by atoms with E-state index in [1.54, 1.807) is 0 Å². The van der Waals surface area contributed by atoms with Crippen LogP contribution >= 0.6 is 11.8 Å². The number of amides is 2. The van der Waals surface area contributed by atoms with Crippen molar-refractivity contribution < 1.29 is 37.8 Å². The first-order chi connectivity index (χ1) is 13.2. The maximum atomic E-state index is 12.5. The molecule has 10 nitrogen and oxygen atoms in total. The van der Waals surface area contributed by atoms with E-state index in [-0.39, 0.29) is 29.3 Å². The molecule has 2 amide bonds. The van der Waals surface area contributed by atoms with Gasteiger partial charge in [0.2, 0.25) is 0 Å². The molecule has 1 aromatic heterocycles. The number of nitrogens with zero attached hydrogens (tertiary/aromatic N) is 3. The number of alkyl halides is 2. The molecular formula is C15H14F2N4O6S. The van der Waals surface area contributed by atoms with Crippen molar-refractivity contribution >= 4 is 35.5 Å². The number of hydrogen-bond donors (Lipinski definition) is 2. The summed E-state index contributed by atoms with van der Waals surface area (Å²) >= 11 is 1.19. The summed E-state index contributed by atoms with van der Waals surface area (Å²) in [5.41, 5.74) is -0.322. The van der Waals surface area contributed by atoms with Crippen LogP contribution in [-0.2, 0) is 19.1 Å².